The SMILES string of the molecule is COc1cc(OC)c(NC(=O)[C@H](C)Sc2nnc(-c3ccncc3)o2)cc1Cl. The number of benzene rings is 1. The van der Waals surface area contributed by atoms with Crippen LogP contribution in [-0.2, 0) is 4.79 Å². The Morgan fingerprint density at radius 3 is 2.57 bits per heavy atom. The third-order valence-electron chi connectivity index (χ3n) is 3.71. The van der Waals surface area contributed by atoms with Crippen molar-refractivity contribution in [2.45, 2.75) is 17.4 Å². The van der Waals surface area contributed by atoms with Gasteiger partial charge >= 0.3 is 0 Å². The van der Waals surface area contributed by atoms with Crippen molar-refractivity contribution in [3.8, 4) is 23.0 Å². The van der Waals surface area contributed by atoms with Gasteiger partial charge < -0.3 is 19.2 Å². The van der Waals surface area contributed by atoms with Crippen molar-refractivity contribution in [1.82, 2.24) is 15.2 Å². The van der Waals surface area contributed by atoms with Gasteiger partial charge in [0.2, 0.25) is 11.8 Å². The van der Waals surface area contributed by atoms with Crippen LogP contribution >= 0.6 is 23.4 Å². The minimum Gasteiger partial charge on any atom is -0.495 e. The van der Waals surface area contributed by atoms with E-state index >= 15 is 0 Å². The first kappa shape index (κ1) is 20.0. The maximum absolute atomic E-state index is 12.6. The smallest absolute Gasteiger partial charge is 0.277 e. The van der Waals surface area contributed by atoms with Gasteiger partial charge in [-0.05, 0) is 25.1 Å². The number of nitrogens with one attached hydrogen (secondary N) is 1. The van der Waals surface area contributed by atoms with E-state index in [1.165, 1.54) is 14.2 Å². The minimum absolute atomic E-state index is 0.270. The molecule has 2 heterocycles. The zero-order valence-corrected chi connectivity index (χ0v) is 16.9. The molecule has 0 saturated carbocycles. The molecular weight excluding hydrogens is 404 g/mol. The fraction of sp³-hybridized carbons (Fsp3) is 0.222. The standard InChI is InChI=1S/C18H17ClN4O4S/c1-10(28-18-23-22-17(27-18)11-4-6-20-7-5-11)16(24)21-13-8-12(19)14(25-2)9-15(13)26-3/h4-10H,1-3H3,(H,21,24)/t10-/m0/s1. The maximum atomic E-state index is 12.6. The lowest BCUT2D eigenvalue weighted by Gasteiger charge is -2.15. The van der Waals surface area contributed by atoms with Crippen LogP contribution in [0, 0.1) is 0 Å². The highest BCUT2D eigenvalue weighted by Crippen LogP contribution is 2.36. The number of hydrogen-bond acceptors (Lipinski definition) is 8. The third kappa shape index (κ3) is 4.55. The summed E-state index contributed by atoms with van der Waals surface area (Å²) >= 11 is 7.28. The van der Waals surface area contributed by atoms with Gasteiger partial charge in [-0.3, -0.25) is 9.78 Å². The van der Waals surface area contributed by atoms with Crippen LogP contribution in [0.25, 0.3) is 11.5 Å². The summed E-state index contributed by atoms with van der Waals surface area (Å²) in [4.78, 5) is 16.5. The van der Waals surface area contributed by atoms with Gasteiger partial charge in [0.15, 0.2) is 0 Å². The number of aromatic nitrogens is 3. The molecule has 0 fully saturated rings. The number of carbonyl (C=O) groups excluding carboxylic acids is 1. The molecule has 8 nitrogen and oxygen atoms in total. The van der Waals surface area contributed by atoms with E-state index < -0.39 is 5.25 Å². The molecule has 0 radical (unpaired) electrons. The van der Waals surface area contributed by atoms with E-state index in [1.54, 1.807) is 43.6 Å². The van der Waals surface area contributed by atoms with Gasteiger partial charge in [0.1, 0.15) is 11.5 Å². The molecule has 3 aromatic rings. The number of halogens is 1. The number of hydrogen-bond donors (Lipinski definition) is 1. The van der Waals surface area contributed by atoms with Gasteiger partial charge in [-0.1, -0.05) is 23.4 Å². The van der Waals surface area contributed by atoms with Crippen molar-refractivity contribution < 1.29 is 18.7 Å². The highest BCUT2D eigenvalue weighted by molar-refractivity contribution is 8.00. The third-order valence-corrected chi connectivity index (χ3v) is 4.94. The van der Waals surface area contributed by atoms with E-state index in [2.05, 4.69) is 20.5 Å². The second-order valence-electron chi connectivity index (χ2n) is 5.55. The number of carbonyl (C=O) groups is 1. The van der Waals surface area contributed by atoms with E-state index in [-0.39, 0.29) is 11.1 Å². The molecule has 0 spiro atoms. The van der Waals surface area contributed by atoms with Crippen molar-refractivity contribution in [2.75, 3.05) is 19.5 Å². The molecule has 1 aromatic carbocycles. The molecule has 1 amide bonds. The fourth-order valence-corrected chi connectivity index (χ4v) is 3.19. The van der Waals surface area contributed by atoms with Crippen LogP contribution in [0.3, 0.4) is 0 Å². The molecular formula is C18H17ClN4O4S. The highest BCUT2D eigenvalue weighted by atomic mass is 35.5. The van der Waals surface area contributed by atoms with Crippen LogP contribution in [0.2, 0.25) is 5.02 Å². The molecule has 146 valence electrons. The van der Waals surface area contributed by atoms with Gasteiger partial charge in [-0.25, -0.2) is 0 Å². The van der Waals surface area contributed by atoms with Gasteiger partial charge in [-0.2, -0.15) is 0 Å². The van der Waals surface area contributed by atoms with Crippen LogP contribution in [0.15, 0.2) is 46.3 Å². The monoisotopic (exact) mass is 420 g/mol. The van der Waals surface area contributed by atoms with Gasteiger partial charge in [0.25, 0.3) is 5.22 Å². The molecule has 2 aromatic heterocycles. The Morgan fingerprint density at radius 2 is 1.89 bits per heavy atom. The molecule has 0 aliphatic rings. The molecule has 10 heteroatoms. The number of ether oxygens (including phenoxy) is 2. The van der Waals surface area contributed by atoms with E-state index in [4.69, 9.17) is 25.5 Å². The van der Waals surface area contributed by atoms with Crippen molar-refractivity contribution in [3.05, 3.63) is 41.7 Å². The molecule has 0 unspecified atom stereocenters. The summed E-state index contributed by atoms with van der Waals surface area (Å²) in [5, 5.41) is 10.9. The molecule has 0 bridgehead atoms. The quantitative estimate of drug-likeness (QED) is 0.574. The first-order valence-corrected chi connectivity index (χ1v) is 9.40. The molecule has 28 heavy (non-hydrogen) atoms. The topological polar surface area (TPSA) is 99.4 Å². The number of amides is 1. The maximum Gasteiger partial charge on any atom is 0.277 e. The number of rotatable bonds is 7. The minimum atomic E-state index is -0.503. The van der Waals surface area contributed by atoms with Crippen LogP contribution in [0.5, 0.6) is 11.5 Å². The van der Waals surface area contributed by atoms with Crippen LogP contribution < -0.4 is 14.8 Å². The summed E-state index contributed by atoms with van der Waals surface area (Å²) in [6, 6.07) is 6.70. The molecule has 0 saturated heterocycles. The second kappa shape index (κ2) is 8.94. The van der Waals surface area contributed by atoms with Crippen molar-refractivity contribution in [1.29, 1.82) is 0 Å². The summed E-state index contributed by atoms with van der Waals surface area (Å²) in [7, 11) is 3.00. The Bertz CT molecular complexity index is 967. The number of pyridine rings is 1. The second-order valence-corrected chi connectivity index (χ2v) is 7.24. The molecule has 0 aliphatic heterocycles. The number of nitrogens with zero attached hydrogens (tertiary/aromatic N) is 3. The van der Waals surface area contributed by atoms with Crippen LogP contribution in [0.1, 0.15) is 6.92 Å². The lowest BCUT2D eigenvalue weighted by molar-refractivity contribution is -0.115. The van der Waals surface area contributed by atoms with Gasteiger partial charge in [0.05, 0.1) is 30.2 Å². The highest BCUT2D eigenvalue weighted by Gasteiger charge is 2.21. The normalized spacial score (nSPS) is 11.7. The van der Waals surface area contributed by atoms with Crippen LogP contribution in [0.4, 0.5) is 5.69 Å². The summed E-state index contributed by atoms with van der Waals surface area (Å²) in [6.07, 6.45) is 3.27. The zero-order valence-electron chi connectivity index (χ0n) is 15.3. The first-order valence-electron chi connectivity index (χ1n) is 8.14. The molecule has 3 rings (SSSR count). The number of anilines is 1. The van der Waals surface area contributed by atoms with Crippen molar-refractivity contribution in [2.24, 2.45) is 0 Å². The lowest BCUT2D eigenvalue weighted by Crippen LogP contribution is -2.22. The Kier molecular flexibility index (Phi) is 6.37. The van der Waals surface area contributed by atoms with E-state index in [9.17, 15) is 4.79 Å². The van der Waals surface area contributed by atoms with Gasteiger partial charge in [0, 0.05) is 24.0 Å². The molecule has 1 atom stereocenters. The molecule has 0 aliphatic carbocycles. The van der Waals surface area contributed by atoms with E-state index in [0.29, 0.717) is 28.1 Å². The Hall–Kier alpha value is -2.78. The number of methoxy groups -OCH3 is 2. The van der Waals surface area contributed by atoms with E-state index in [1.807, 2.05) is 0 Å². The average Bonchev–Trinajstić information content (AvgIpc) is 3.17. The predicted molar refractivity (Wildman–Crippen MR) is 106 cm³/mol. The fourth-order valence-electron chi connectivity index (χ4n) is 2.27. The predicted octanol–water partition coefficient (Wildman–Crippen LogP) is 3.92. The van der Waals surface area contributed by atoms with Crippen LogP contribution in [-0.4, -0.2) is 40.6 Å². The average molecular weight is 421 g/mol. The lowest BCUT2D eigenvalue weighted by atomic mass is 10.2. The largest absolute Gasteiger partial charge is 0.495 e. The van der Waals surface area contributed by atoms with Crippen molar-refractivity contribution in [3.63, 3.8) is 0 Å². The zero-order chi connectivity index (χ0) is 20.1. The number of thioether (sulfide) groups is 1. The molecule has 1 N–H and O–H groups in total. The summed E-state index contributed by atoms with van der Waals surface area (Å²) in [5.41, 5.74) is 1.19. The Morgan fingerprint density at radius 1 is 1.18 bits per heavy atom. The summed E-state index contributed by atoms with van der Waals surface area (Å²) in [5.74, 6) is 0.979. The first-order chi connectivity index (χ1) is 13.5. The van der Waals surface area contributed by atoms with E-state index in [0.717, 1.165) is 17.3 Å². The summed E-state index contributed by atoms with van der Waals surface area (Å²) < 4.78 is 16.0. The Balaban J connectivity index is 1.69. The summed E-state index contributed by atoms with van der Waals surface area (Å²) in [6.45, 7) is 1.73. The van der Waals surface area contributed by atoms with Gasteiger partial charge in [-0.15, -0.1) is 10.2 Å². The Labute approximate surface area is 170 Å². The van der Waals surface area contributed by atoms with Crippen molar-refractivity contribution >= 4 is 35.0 Å².